The van der Waals surface area contributed by atoms with Gasteiger partial charge >= 0.3 is 0 Å². The summed E-state index contributed by atoms with van der Waals surface area (Å²) in [4.78, 5) is 25.3. The van der Waals surface area contributed by atoms with Gasteiger partial charge in [0.2, 0.25) is 11.8 Å². The molecule has 0 saturated heterocycles. The first kappa shape index (κ1) is 12.6. The van der Waals surface area contributed by atoms with Crippen LogP contribution >= 0.6 is 0 Å². The lowest BCUT2D eigenvalue weighted by Crippen LogP contribution is -2.46. The van der Waals surface area contributed by atoms with E-state index in [0.717, 1.165) is 11.3 Å². The standard InChI is InChI=1S/C13H17N3O2/c1-9-13(18)16(8-12(17)14-2)11-6-4-3-5-10(11)7-15-9/h3-6,9,15H,7-8H2,1-2H3,(H,14,17). The summed E-state index contributed by atoms with van der Waals surface area (Å²) in [6, 6.07) is 7.35. The van der Waals surface area contributed by atoms with Crippen molar-refractivity contribution in [2.45, 2.75) is 19.5 Å². The minimum absolute atomic E-state index is 0.0539. The van der Waals surface area contributed by atoms with Crippen LogP contribution in [-0.2, 0) is 16.1 Å². The van der Waals surface area contributed by atoms with E-state index in [-0.39, 0.29) is 24.4 Å². The Morgan fingerprint density at radius 2 is 2.22 bits per heavy atom. The Kier molecular flexibility index (Phi) is 3.62. The van der Waals surface area contributed by atoms with Gasteiger partial charge < -0.3 is 15.5 Å². The minimum Gasteiger partial charge on any atom is -0.358 e. The van der Waals surface area contributed by atoms with Crippen LogP contribution in [0.4, 0.5) is 5.69 Å². The van der Waals surface area contributed by atoms with Crippen LogP contribution in [0.3, 0.4) is 0 Å². The molecule has 0 aromatic heterocycles. The second-order valence-electron chi connectivity index (χ2n) is 4.33. The molecule has 0 radical (unpaired) electrons. The zero-order valence-corrected chi connectivity index (χ0v) is 10.6. The molecule has 0 fully saturated rings. The van der Waals surface area contributed by atoms with E-state index in [4.69, 9.17) is 0 Å². The first-order valence-electron chi connectivity index (χ1n) is 5.96. The summed E-state index contributed by atoms with van der Waals surface area (Å²) in [5.74, 6) is -0.254. The Bertz CT molecular complexity index is 473. The van der Waals surface area contributed by atoms with Gasteiger partial charge in [-0.1, -0.05) is 18.2 Å². The number of carbonyl (C=O) groups excluding carboxylic acids is 2. The van der Waals surface area contributed by atoms with Gasteiger partial charge in [0.25, 0.3) is 0 Å². The van der Waals surface area contributed by atoms with Crippen LogP contribution < -0.4 is 15.5 Å². The minimum atomic E-state index is -0.290. The van der Waals surface area contributed by atoms with Gasteiger partial charge in [0.1, 0.15) is 6.54 Å². The monoisotopic (exact) mass is 247 g/mol. The summed E-state index contributed by atoms with van der Waals surface area (Å²) in [5, 5.41) is 5.69. The molecule has 96 valence electrons. The van der Waals surface area contributed by atoms with Crippen LogP contribution in [0.25, 0.3) is 0 Å². The van der Waals surface area contributed by atoms with E-state index >= 15 is 0 Å². The molecule has 0 bridgehead atoms. The molecule has 1 atom stereocenters. The molecule has 5 heteroatoms. The van der Waals surface area contributed by atoms with Gasteiger partial charge in [-0.05, 0) is 18.6 Å². The quantitative estimate of drug-likeness (QED) is 0.788. The molecular formula is C13H17N3O2. The number of hydrogen-bond acceptors (Lipinski definition) is 3. The summed E-state index contributed by atoms with van der Waals surface area (Å²) in [6.07, 6.45) is 0. The summed E-state index contributed by atoms with van der Waals surface area (Å²) in [7, 11) is 1.57. The molecular weight excluding hydrogens is 230 g/mol. The van der Waals surface area contributed by atoms with E-state index in [9.17, 15) is 9.59 Å². The largest absolute Gasteiger partial charge is 0.358 e. The molecule has 0 saturated carbocycles. The Morgan fingerprint density at radius 1 is 1.50 bits per heavy atom. The number of anilines is 1. The number of likely N-dealkylation sites (N-methyl/N-ethyl adjacent to an activating group) is 1. The van der Waals surface area contributed by atoms with Gasteiger partial charge in [-0.3, -0.25) is 9.59 Å². The second-order valence-corrected chi connectivity index (χ2v) is 4.33. The number of benzene rings is 1. The second kappa shape index (κ2) is 5.18. The number of carbonyl (C=O) groups is 2. The Hall–Kier alpha value is -1.88. The highest BCUT2D eigenvalue weighted by Crippen LogP contribution is 2.23. The maximum atomic E-state index is 12.2. The van der Waals surface area contributed by atoms with Gasteiger partial charge in [0.15, 0.2) is 0 Å². The maximum Gasteiger partial charge on any atom is 0.244 e. The molecule has 1 aromatic rings. The Balaban J connectivity index is 2.38. The number of fused-ring (bicyclic) bond motifs is 1. The van der Waals surface area contributed by atoms with E-state index in [2.05, 4.69) is 10.6 Å². The number of amides is 2. The summed E-state index contributed by atoms with van der Waals surface area (Å²) in [5.41, 5.74) is 1.84. The molecule has 1 aliphatic rings. The van der Waals surface area contributed by atoms with Crippen molar-refractivity contribution >= 4 is 17.5 Å². The normalized spacial score (nSPS) is 19.1. The molecule has 2 rings (SSSR count). The van der Waals surface area contributed by atoms with E-state index in [1.54, 1.807) is 11.9 Å². The zero-order valence-electron chi connectivity index (χ0n) is 10.6. The fourth-order valence-corrected chi connectivity index (χ4v) is 2.01. The number of rotatable bonds is 2. The lowest BCUT2D eigenvalue weighted by molar-refractivity contribution is -0.124. The lowest BCUT2D eigenvalue weighted by atomic mass is 10.1. The number of nitrogens with one attached hydrogen (secondary N) is 2. The molecule has 2 N–H and O–H groups in total. The molecule has 0 aliphatic carbocycles. The summed E-state index contributed by atoms with van der Waals surface area (Å²) >= 11 is 0. The summed E-state index contributed by atoms with van der Waals surface area (Å²) < 4.78 is 0. The first-order valence-corrected chi connectivity index (χ1v) is 5.96. The average Bonchev–Trinajstić information content (AvgIpc) is 2.51. The van der Waals surface area contributed by atoms with Crippen molar-refractivity contribution in [2.24, 2.45) is 0 Å². The molecule has 2 amide bonds. The molecule has 0 spiro atoms. The third-order valence-corrected chi connectivity index (χ3v) is 3.10. The van der Waals surface area contributed by atoms with E-state index in [1.807, 2.05) is 31.2 Å². The van der Waals surface area contributed by atoms with Crippen molar-refractivity contribution in [3.8, 4) is 0 Å². The number of hydrogen-bond donors (Lipinski definition) is 2. The van der Waals surface area contributed by atoms with Crippen molar-refractivity contribution in [1.82, 2.24) is 10.6 Å². The van der Waals surface area contributed by atoms with Crippen LogP contribution in [0.2, 0.25) is 0 Å². The summed E-state index contributed by atoms with van der Waals surface area (Å²) in [6.45, 7) is 2.50. The smallest absolute Gasteiger partial charge is 0.244 e. The fourth-order valence-electron chi connectivity index (χ4n) is 2.01. The zero-order chi connectivity index (χ0) is 13.1. The highest BCUT2D eigenvalue weighted by Gasteiger charge is 2.28. The van der Waals surface area contributed by atoms with Crippen LogP contribution in [0.5, 0.6) is 0 Å². The molecule has 1 aliphatic heterocycles. The van der Waals surface area contributed by atoms with Gasteiger partial charge in [-0.25, -0.2) is 0 Å². The predicted octanol–water partition coefficient (Wildman–Crippen LogP) is 0.257. The van der Waals surface area contributed by atoms with Gasteiger partial charge in [0.05, 0.1) is 6.04 Å². The van der Waals surface area contributed by atoms with Crippen LogP contribution in [-0.4, -0.2) is 31.4 Å². The van der Waals surface area contributed by atoms with Crippen molar-refractivity contribution in [2.75, 3.05) is 18.5 Å². The molecule has 1 heterocycles. The van der Waals surface area contributed by atoms with Crippen molar-refractivity contribution in [3.05, 3.63) is 29.8 Å². The highest BCUT2D eigenvalue weighted by atomic mass is 16.2. The maximum absolute atomic E-state index is 12.2. The van der Waals surface area contributed by atoms with E-state index in [0.29, 0.717) is 6.54 Å². The fraction of sp³-hybridized carbons (Fsp3) is 0.385. The topological polar surface area (TPSA) is 61.4 Å². The average molecular weight is 247 g/mol. The van der Waals surface area contributed by atoms with Gasteiger partial charge in [0, 0.05) is 19.3 Å². The van der Waals surface area contributed by atoms with E-state index in [1.165, 1.54) is 0 Å². The number of nitrogens with zero attached hydrogens (tertiary/aromatic N) is 1. The lowest BCUT2D eigenvalue weighted by Gasteiger charge is -2.23. The number of para-hydroxylation sites is 1. The third kappa shape index (κ3) is 2.36. The highest BCUT2D eigenvalue weighted by molar-refractivity contribution is 6.02. The van der Waals surface area contributed by atoms with E-state index < -0.39 is 0 Å². The van der Waals surface area contributed by atoms with Gasteiger partial charge in [-0.15, -0.1) is 0 Å². The Labute approximate surface area is 106 Å². The predicted molar refractivity (Wildman–Crippen MR) is 69.2 cm³/mol. The molecule has 5 nitrogen and oxygen atoms in total. The molecule has 18 heavy (non-hydrogen) atoms. The van der Waals surface area contributed by atoms with Crippen molar-refractivity contribution in [1.29, 1.82) is 0 Å². The van der Waals surface area contributed by atoms with Crippen molar-refractivity contribution in [3.63, 3.8) is 0 Å². The van der Waals surface area contributed by atoms with Gasteiger partial charge in [-0.2, -0.15) is 0 Å². The van der Waals surface area contributed by atoms with Crippen LogP contribution in [0, 0.1) is 0 Å². The first-order chi connectivity index (χ1) is 8.63. The van der Waals surface area contributed by atoms with Crippen LogP contribution in [0.1, 0.15) is 12.5 Å². The third-order valence-electron chi connectivity index (χ3n) is 3.10. The molecule has 1 aromatic carbocycles. The van der Waals surface area contributed by atoms with Crippen molar-refractivity contribution < 1.29 is 9.59 Å². The Morgan fingerprint density at radius 3 is 2.94 bits per heavy atom. The SMILES string of the molecule is CNC(=O)CN1C(=O)C(C)NCc2ccccc21. The van der Waals surface area contributed by atoms with Crippen LogP contribution in [0.15, 0.2) is 24.3 Å². The molecule has 1 unspecified atom stereocenters.